The Morgan fingerprint density at radius 2 is 1.41 bits per heavy atom. The minimum Gasteiger partial charge on any atom is -0.493 e. The topological polar surface area (TPSA) is 57.2 Å². The van der Waals surface area contributed by atoms with Gasteiger partial charge in [0.2, 0.25) is 0 Å². The number of hydrogen-bond acceptors (Lipinski definition) is 5. The molecule has 0 aromatic heterocycles. The highest BCUT2D eigenvalue weighted by Crippen LogP contribution is 2.43. The highest BCUT2D eigenvalue weighted by molar-refractivity contribution is 5.78. The predicted octanol–water partition coefficient (Wildman–Crippen LogP) is 2.88. The largest absolute Gasteiger partial charge is 0.493 e. The third-order valence-electron chi connectivity index (χ3n) is 3.47. The van der Waals surface area contributed by atoms with E-state index >= 15 is 0 Å². The molecule has 0 unspecified atom stereocenters. The lowest BCUT2D eigenvalue weighted by Gasteiger charge is -2.17. The molecule has 0 saturated carbocycles. The van der Waals surface area contributed by atoms with Crippen LogP contribution >= 0.6 is 0 Å². The van der Waals surface area contributed by atoms with Crippen molar-refractivity contribution in [3.05, 3.63) is 35.9 Å². The molecule has 0 fully saturated rings. The van der Waals surface area contributed by atoms with Crippen LogP contribution in [0.3, 0.4) is 0 Å². The van der Waals surface area contributed by atoms with Gasteiger partial charge in [-0.05, 0) is 29.3 Å². The van der Waals surface area contributed by atoms with Gasteiger partial charge >= 0.3 is 0 Å². The monoisotopic (exact) mass is 304 g/mol. The molecule has 0 bridgehead atoms. The number of ether oxygens (including phenoxy) is 4. The smallest absolute Gasteiger partial charge is 0.168 e. The summed E-state index contributed by atoms with van der Waals surface area (Å²) in [6.45, 7) is -0.107. The quantitative estimate of drug-likeness (QED) is 0.889. The zero-order chi connectivity index (χ0) is 16.1. The summed E-state index contributed by atoms with van der Waals surface area (Å²) in [7, 11) is 6.32. The molecular formula is C17H20O5. The van der Waals surface area contributed by atoms with Crippen molar-refractivity contribution >= 4 is 0 Å². The fourth-order valence-corrected chi connectivity index (χ4v) is 2.41. The van der Waals surface area contributed by atoms with Gasteiger partial charge in [-0.15, -0.1) is 0 Å². The first kappa shape index (κ1) is 16.0. The first-order chi connectivity index (χ1) is 10.7. The van der Waals surface area contributed by atoms with E-state index in [-0.39, 0.29) is 6.61 Å². The molecule has 2 aromatic carbocycles. The molecule has 0 amide bonds. The molecule has 0 aliphatic heterocycles. The van der Waals surface area contributed by atoms with Crippen molar-refractivity contribution in [3.8, 4) is 34.1 Å². The average Bonchev–Trinajstić information content (AvgIpc) is 2.59. The Morgan fingerprint density at radius 3 is 1.95 bits per heavy atom. The maximum absolute atomic E-state index is 9.64. The van der Waals surface area contributed by atoms with Gasteiger partial charge < -0.3 is 24.1 Å². The summed E-state index contributed by atoms with van der Waals surface area (Å²) in [4.78, 5) is 0. The van der Waals surface area contributed by atoms with E-state index in [9.17, 15) is 5.11 Å². The van der Waals surface area contributed by atoms with Crippen LogP contribution in [0.2, 0.25) is 0 Å². The maximum Gasteiger partial charge on any atom is 0.168 e. The highest BCUT2D eigenvalue weighted by Gasteiger charge is 2.18. The Kier molecular flexibility index (Phi) is 5.12. The lowest BCUT2D eigenvalue weighted by atomic mass is 9.97. The Labute approximate surface area is 130 Å². The second-order valence-corrected chi connectivity index (χ2v) is 4.56. The van der Waals surface area contributed by atoms with Gasteiger partial charge in [-0.25, -0.2) is 0 Å². The van der Waals surface area contributed by atoms with E-state index in [0.717, 1.165) is 16.7 Å². The fraction of sp³-hybridized carbons (Fsp3) is 0.294. The summed E-state index contributed by atoms with van der Waals surface area (Å²) in [6.07, 6.45) is 0. The third-order valence-corrected chi connectivity index (χ3v) is 3.47. The minimum absolute atomic E-state index is 0.107. The molecule has 0 aliphatic carbocycles. The van der Waals surface area contributed by atoms with E-state index in [0.29, 0.717) is 23.0 Å². The van der Waals surface area contributed by atoms with Crippen LogP contribution in [0.15, 0.2) is 30.3 Å². The van der Waals surface area contributed by atoms with Crippen LogP contribution in [-0.2, 0) is 6.61 Å². The third kappa shape index (κ3) is 2.80. The van der Waals surface area contributed by atoms with E-state index in [1.807, 2.05) is 24.3 Å². The van der Waals surface area contributed by atoms with Gasteiger partial charge in [0.15, 0.2) is 23.0 Å². The van der Waals surface area contributed by atoms with Crippen molar-refractivity contribution in [3.63, 3.8) is 0 Å². The first-order valence-corrected chi connectivity index (χ1v) is 6.77. The Morgan fingerprint density at radius 1 is 0.773 bits per heavy atom. The van der Waals surface area contributed by atoms with Crippen LogP contribution in [0.1, 0.15) is 5.56 Å². The summed E-state index contributed by atoms with van der Waals surface area (Å²) in [5.74, 6) is 2.41. The predicted molar refractivity (Wildman–Crippen MR) is 84.0 cm³/mol. The second-order valence-electron chi connectivity index (χ2n) is 4.56. The molecule has 0 radical (unpaired) electrons. The maximum atomic E-state index is 9.64. The van der Waals surface area contributed by atoms with Crippen LogP contribution < -0.4 is 18.9 Å². The van der Waals surface area contributed by atoms with Crippen molar-refractivity contribution in [2.24, 2.45) is 0 Å². The molecule has 0 saturated heterocycles. The van der Waals surface area contributed by atoms with E-state index in [1.54, 1.807) is 34.5 Å². The van der Waals surface area contributed by atoms with Crippen molar-refractivity contribution in [2.45, 2.75) is 6.61 Å². The summed E-state index contributed by atoms with van der Waals surface area (Å²) in [5.41, 5.74) is 2.35. The SMILES string of the molecule is COc1ccc(-c2c(CO)ccc(OC)c2OC)cc1OC. The summed E-state index contributed by atoms with van der Waals surface area (Å²) in [5, 5.41) is 9.64. The number of aliphatic hydroxyl groups excluding tert-OH is 1. The Hall–Kier alpha value is -2.40. The number of methoxy groups -OCH3 is 4. The lowest BCUT2D eigenvalue weighted by Crippen LogP contribution is -1.99. The number of benzene rings is 2. The molecular weight excluding hydrogens is 284 g/mol. The zero-order valence-corrected chi connectivity index (χ0v) is 13.2. The van der Waals surface area contributed by atoms with Gasteiger partial charge in [-0.2, -0.15) is 0 Å². The van der Waals surface area contributed by atoms with E-state index in [2.05, 4.69) is 0 Å². The van der Waals surface area contributed by atoms with Crippen LogP contribution in [-0.4, -0.2) is 33.5 Å². The molecule has 1 N–H and O–H groups in total. The van der Waals surface area contributed by atoms with E-state index < -0.39 is 0 Å². The van der Waals surface area contributed by atoms with Gasteiger partial charge in [0, 0.05) is 5.56 Å². The van der Waals surface area contributed by atoms with Gasteiger partial charge in [-0.1, -0.05) is 12.1 Å². The Bertz CT molecular complexity index is 652. The van der Waals surface area contributed by atoms with Crippen LogP contribution in [0, 0.1) is 0 Å². The van der Waals surface area contributed by atoms with Crippen molar-refractivity contribution in [1.82, 2.24) is 0 Å². The zero-order valence-electron chi connectivity index (χ0n) is 13.2. The molecule has 2 aromatic rings. The second kappa shape index (κ2) is 7.04. The highest BCUT2D eigenvalue weighted by atomic mass is 16.5. The molecule has 0 spiro atoms. The molecule has 0 heterocycles. The molecule has 118 valence electrons. The van der Waals surface area contributed by atoms with Crippen LogP contribution in [0.5, 0.6) is 23.0 Å². The van der Waals surface area contributed by atoms with Crippen molar-refractivity contribution < 1.29 is 24.1 Å². The number of hydrogen-bond donors (Lipinski definition) is 1. The van der Waals surface area contributed by atoms with Crippen molar-refractivity contribution in [2.75, 3.05) is 28.4 Å². The standard InChI is InChI=1S/C17H20O5/c1-19-13-7-5-11(9-15(13)21-3)16-12(10-18)6-8-14(20-2)17(16)22-4/h5-9,18H,10H2,1-4H3. The molecule has 5 heteroatoms. The number of rotatable bonds is 6. The van der Waals surface area contributed by atoms with Gasteiger partial charge in [0.25, 0.3) is 0 Å². The van der Waals surface area contributed by atoms with Crippen molar-refractivity contribution in [1.29, 1.82) is 0 Å². The normalized spacial score (nSPS) is 10.2. The van der Waals surface area contributed by atoms with Crippen LogP contribution in [0.4, 0.5) is 0 Å². The first-order valence-electron chi connectivity index (χ1n) is 6.77. The molecule has 2 rings (SSSR count). The average molecular weight is 304 g/mol. The van der Waals surface area contributed by atoms with Gasteiger partial charge in [-0.3, -0.25) is 0 Å². The molecule has 5 nitrogen and oxygen atoms in total. The molecule has 22 heavy (non-hydrogen) atoms. The minimum atomic E-state index is -0.107. The summed E-state index contributed by atoms with van der Waals surface area (Å²) in [6, 6.07) is 9.13. The number of aliphatic hydroxyl groups is 1. The van der Waals surface area contributed by atoms with Gasteiger partial charge in [0.1, 0.15) is 0 Å². The summed E-state index contributed by atoms with van der Waals surface area (Å²) >= 11 is 0. The van der Waals surface area contributed by atoms with E-state index in [1.165, 1.54) is 0 Å². The van der Waals surface area contributed by atoms with E-state index in [4.69, 9.17) is 18.9 Å². The van der Waals surface area contributed by atoms with Gasteiger partial charge in [0.05, 0.1) is 35.0 Å². The Balaban J connectivity index is 2.69. The fourth-order valence-electron chi connectivity index (χ4n) is 2.41. The van der Waals surface area contributed by atoms with Crippen LogP contribution in [0.25, 0.3) is 11.1 Å². The summed E-state index contributed by atoms with van der Waals surface area (Å²) < 4.78 is 21.4. The molecule has 0 atom stereocenters. The molecule has 0 aliphatic rings. The lowest BCUT2D eigenvalue weighted by molar-refractivity contribution is 0.281.